The van der Waals surface area contributed by atoms with Gasteiger partial charge in [-0.05, 0) is 24.8 Å². The van der Waals surface area contributed by atoms with E-state index in [9.17, 15) is 0 Å². The number of nitrogens with zero attached hydrogens (tertiary/aromatic N) is 1. The summed E-state index contributed by atoms with van der Waals surface area (Å²) in [7, 11) is 0. The third kappa shape index (κ3) is 2.90. The molecule has 2 heteroatoms. The van der Waals surface area contributed by atoms with Gasteiger partial charge in [0.1, 0.15) is 0 Å². The van der Waals surface area contributed by atoms with Gasteiger partial charge in [-0.15, -0.1) is 0 Å². The summed E-state index contributed by atoms with van der Waals surface area (Å²) >= 11 is 0. The fourth-order valence-electron chi connectivity index (χ4n) is 1.27. The molecule has 0 fully saturated rings. The van der Waals surface area contributed by atoms with E-state index in [1.54, 1.807) is 0 Å². The quantitative estimate of drug-likeness (QED) is 0.540. The summed E-state index contributed by atoms with van der Waals surface area (Å²) in [6, 6.07) is 8.35. The summed E-state index contributed by atoms with van der Waals surface area (Å²) in [4.78, 5) is 3.79. The molecule has 0 aromatic heterocycles. The van der Waals surface area contributed by atoms with Gasteiger partial charge in [0.15, 0.2) is 0 Å². The zero-order valence-electron chi connectivity index (χ0n) is 8.09. The van der Waals surface area contributed by atoms with Crippen molar-refractivity contribution in [2.45, 2.75) is 13.3 Å². The van der Waals surface area contributed by atoms with Crippen LogP contribution in [0.3, 0.4) is 0 Å². The molecule has 1 rings (SSSR count). The maximum atomic E-state index is 3.79. The maximum absolute atomic E-state index is 3.79. The first-order valence-electron chi connectivity index (χ1n) is 4.62. The molecule has 0 saturated heterocycles. The Kier molecular flexibility index (Phi) is 4.03. The van der Waals surface area contributed by atoms with Crippen LogP contribution in [0.15, 0.2) is 29.3 Å². The van der Waals surface area contributed by atoms with Crippen LogP contribution >= 0.6 is 0 Å². The van der Waals surface area contributed by atoms with E-state index in [4.69, 9.17) is 0 Å². The molecule has 2 nitrogen and oxygen atoms in total. The lowest BCUT2D eigenvalue weighted by Gasteiger charge is -2.08. The molecule has 0 spiro atoms. The number of benzene rings is 1. The summed E-state index contributed by atoms with van der Waals surface area (Å²) in [5, 5.41) is 3.33. The molecule has 0 bridgehead atoms. The summed E-state index contributed by atoms with van der Waals surface area (Å²) in [6.45, 7) is 7.23. The molecule has 0 saturated carbocycles. The fourth-order valence-corrected chi connectivity index (χ4v) is 1.27. The molecule has 1 N–H and O–H groups in total. The molecule has 0 radical (unpaired) electrons. The van der Waals surface area contributed by atoms with Crippen molar-refractivity contribution < 1.29 is 0 Å². The molecule has 0 aliphatic heterocycles. The molecule has 13 heavy (non-hydrogen) atoms. The minimum atomic E-state index is 0.762. The van der Waals surface area contributed by atoms with Gasteiger partial charge in [-0.25, -0.2) is 0 Å². The van der Waals surface area contributed by atoms with Crippen molar-refractivity contribution >= 4 is 12.4 Å². The Morgan fingerprint density at radius 2 is 2.15 bits per heavy atom. The van der Waals surface area contributed by atoms with Crippen molar-refractivity contribution in [3.05, 3.63) is 29.8 Å². The van der Waals surface area contributed by atoms with E-state index >= 15 is 0 Å². The monoisotopic (exact) mass is 176 g/mol. The standard InChI is InChI=1S/C11H16N2/c1-3-10-6-4-5-7-11(10)13-9-8-12-2/h4-7,13H,2-3,8-9H2,1H3. The highest BCUT2D eigenvalue weighted by molar-refractivity contribution is 5.51. The van der Waals surface area contributed by atoms with Gasteiger partial charge in [-0.2, -0.15) is 0 Å². The first-order chi connectivity index (χ1) is 6.38. The molecular weight excluding hydrogens is 160 g/mol. The van der Waals surface area contributed by atoms with Crippen molar-refractivity contribution in [2.24, 2.45) is 4.99 Å². The van der Waals surface area contributed by atoms with Crippen LogP contribution < -0.4 is 5.32 Å². The Morgan fingerprint density at radius 3 is 2.85 bits per heavy atom. The smallest absolute Gasteiger partial charge is 0.0555 e. The molecule has 0 aliphatic carbocycles. The van der Waals surface area contributed by atoms with E-state index < -0.39 is 0 Å². The highest BCUT2D eigenvalue weighted by Gasteiger charge is 1.96. The normalized spacial score (nSPS) is 9.62. The highest BCUT2D eigenvalue weighted by Crippen LogP contribution is 2.14. The summed E-state index contributed by atoms with van der Waals surface area (Å²) in [5.74, 6) is 0. The van der Waals surface area contributed by atoms with E-state index in [0.717, 1.165) is 19.5 Å². The Hall–Kier alpha value is -1.31. The van der Waals surface area contributed by atoms with Crippen LogP contribution in [-0.2, 0) is 6.42 Å². The Labute approximate surface area is 79.7 Å². The molecule has 0 atom stereocenters. The summed E-state index contributed by atoms with van der Waals surface area (Å²) in [6.07, 6.45) is 1.06. The summed E-state index contributed by atoms with van der Waals surface area (Å²) in [5.41, 5.74) is 2.57. The van der Waals surface area contributed by atoms with E-state index in [2.05, 4.69) is 42.1 Å². The Bertz CT molecular complexity index is 269. The topological polar surface area (TPSA) is 24.4 Å². The number of anilines is 1. The number of para-hydroxylation sites is 1. The van der Waals surface area contributed by atoms with Crippen molar-refractivity contribution in [2.75, 3.05) is 18.4 Å². The van der Waals surface area contributed by atoms with Crippen LogP contribution in [0.5, 0.6) is 0 Å². The first kappa shape index (κ1) is 9.78. The predicted molar refractivity (Wildman–Crippen MR) is 58.7 cm³/mol. The molecule has 1 aromatic carbocycles. The summed E-state index contributed by atoms with van der Waals surface area (Å²) < 4.78 is 0. The second-order valence-electron chi connectivity index (χ2n) is 2.88. The predicted octanol–water partition coefficient (Wildman–Crippen LogP) is 2.36. The second kappa shape index (κ2) is 5.36. The number of aliphatic imine (C=N–C) groups is 1. The third-order valence-electron chi connectivity index (χ3n) is 1.98. The Balaban J connectivity index is 2.58. The van der Waals surface area contributed by atoms with Gasteiger partial charge < -0.3 is 5.32 Å². The zero-order chi connectivity index (χ0) is 9.52. The molecule has 0 amide bonds. The van der Waals surface area contributed by atoms with E-state index in [1.165, 1.54) is 11.3 Å². The van der Waals surface area contributed by atoms with Gasteiger partial charge in [0, 0.05) is 12.2 Å². The van der Waals surface area contributed by atoms with E-state index in [1.807, 2.05) is 6.07 Å². The van der Waals surface area contributed by atoms with Gasteiger partial charge in [-0.1, -0.05) is 25.1 Å². The lowest BCUT2D eigenvalue weighted by molar-refractivity contribution is 1.02. The second-order valence-corrected chi connectivity index (χ2v) is 2.88. The van der Waals surface area contributed by atoms with E-state index in [0.29, 0.717) is 0 Å². The average molecular weight is 176 g/mol. The van der Waals surface area contributed by atoms with Crippen LogP contribution in [0.4, 0.5) is 5.69 Å². The third-order valence-corrected chi connectivity index (χ3v) is 1.98. The van der Waals surface area contributed by atoms with E-state index in [-0.39, 0.29) is 0 Å². The van der Waals surface area contributed by atoms with Crippen LogP contribution in [0, 0.1) is 0 Å². The van der Waals surface area contributed by atoms with Gasteiger partial charge in [0.05, 0.1) is 6.54 Å². The first-order valence-corrected chi connectivity index (χ1v) is 4.62. The number of nitrogens with one attached hydrogen (secondary N) is 1. The number of aryl methyl sites for hydroxylation is 1. The van der Waals surface area contributed by atoms with Crippen molar-refractivity contribution in [1.29, 1.82) is 0 Å². The zero-order valence-corrected chi connectivity index (χ0v) is 8.09. The van der Waals surface area contributed by atoms with Crippen LogP contribution in [0.1, 0.15) is 12.5 Å². The van der Waals surface area contributed by atoms with Crippen molar-refractivity contribution in [3.8, 4) is 0 Å². The van der Waals surface area contributed by atoms with Crippen LogP contribution in [0.25, 0.3) is 0 Å². The van der Waals surface area contributed by atoms with Crippen molar-refractivity contribution in [3.63, 3.8) is 0 Å². The van der Waals surface area contributed by atoms with Crippen LogP contribution in [0.2, 0.25) is 0 Å². The van der Waals surface area contributed by atoms with Gasteiger partial charge in [0.2, 0.25) is 0 Å². The minimum Gasteiger partial charge on any atom is -0.383 e. The largest absolute Gasteiger partial charge is 0.383 e. The van der Waals surface area contributed by atoms with Gasteiger partial charge in [0.25, 0.3) is 0 Å². The lowest BCUT2D eigenvalue weighted by Crippen LogP contribution is -2.06. The molecule has 1 aromatic rings. The minimum absolute atomic E-state index is 0.762. The van der Waals surface area contributed by atoms with Crippen molar-refractivity contribution in [1.82, 2.24) is 0 Å². The molecule has 0 aliphatic rings. The van der Waals surface area contributed by atoms with Gasteiger partial charge >= 0.3 is 0 Å². The SMILES string of the molecule is C=NCCNc1ccccc1CC. The highest BCUT2D eigenvalue weighted by atomic mass is 14.9. The molecular formula is C11H16N2. The average Bonchev–Trinajstić information content (AvgIpc) is 2.19. The van der Waals surface area contributed by atoms with Crippen LogP contribution in [-0.4, -0.2) is 19.8 Å². The number of rotatable bonds is 5. The Morgan fingerprint density at radius 1 is 1.38 bits per heavy atom. The number of hydrogen-bond donors (Lipinski definition) is 1. The molecule has 70 valence electrons. The number of hydrogen-bond acceptors (Lipinski definition) is 2. The lowest BCUT2D eigenvalue weighted by atomic mass is 10.1. The maximum Gasteiger partial charge on any atom is 0.0555 e. The molecule has 0 heterocycles. The molecule has 0 unspecified atom stereocenters. The van der Waals surface area contributed by atoms with Gasteiger partial charge in [-0.3, -0.25) is 4.99 Å². The fraction of sp³-hybridized carbons (Fsp3) is 0.364.